The summed E-state index contributed by atoms with van der Waals surface area (Å²) in [6.07, 6.45) is 0. The highest BCUT2D eigenvalue weighted by molar-refractivity contribution is 14.1. The van der Waals surface area contributed by atoms with E-state index in [1.165, 1.54) is 6.07 Å². The lowest BCUT2D eigenvalue weighted by Crippen LogP contribution is -2.26. The Morgan fingerprint density at radius 1 is 1.38 bits per heavy atom. The van der Waals surface area contributed by atoms with Gasteiger partial charge in [0.2, 0.25) is 5.91 Å². The van der Waals surface area contributed by atoms with Gasteiger partial charge in [-0.3, -0.25) is 4.79 Å². The maximum Gasteiger partial charge on any atom is 0.226 e. The molecule has 0 radical (unpaired) electrons. The van der Waals surface area contributed by atoms with Crippen molar-refractivity contribution in [1.82, 2.24) is 0 Å². The molecule has 0 aliphatic rings. The lowest BCUT2D eigenvalue weighted by molar-refractivity contribution is -0.254. The summed E-state index contributed by atoms with van der Waals surface area (Å²) >= 11 is 2.00. The van der Waals surface area contributed by atoms with E-state index in [2.05, 4.69) is 5.32 Å². The number of carboxylic acids is 1. The number of carbonyl (C=O) groups is 2. The van der Waals surface area contributed by atoms with Crippen molar-refractivity contribution in [3.8, 4) is 0 Å². The number of carbonyl (C=O) groups excluding carboxylic acids is 2. The largest absolute Gasteiger partial charge is 0.545 e. The lowest BCUT2D eigenvalue weighted by atomic mass is 10.1. The van der Waals surface area contributed by atoms with Gasteiger partial charge in [-0.25, -0.2) is 0 Å². The number of anilines is 1. The van der Waals surface area contributed by atoms with E-state index in [1.807, 2.05) is 22.6 Å². The fourth-order valence-corrected chi connectivity index (χ4v) is 1.56. The van der Waals surface area contributed by atoms with Crippen LogP contribution in [-0.2, 0) is 4.79 Å². The third kappa shape index (κ3) is 3.19. The van der Waals surface area contributed by atoms with Gasteiger partial charge in [0.1, 0.15) is 0 Å². The summed E-state index contributed by atoms with van der Waals surface area (Å²) in [5.74, 6) is -1.71. The second kappa shape index (κ2) is 5.29. The van der Waals surface area contributed by atoms with Crippen LogP contribution in [0.25, 0.3) is 0 Å². The number of aromatic carboxylic acids is 1. The molecule has 1 N–H and O–H groups in total. The van der Waals surface area contributed by atoms with Gasteiger partial charge in [0.15, 0.2) is 0 Å². The minimum atomic E-state index is -1.29. The van der Waals surface area contributed by atoms with Crippen LogP contribution in [0.2, 0.25) is 0 Å². The molecule has 0 heterocycles. The summed E-state index contributed by atoms with van der Waals surface area (Å²) in [5.41, 5.74) is 0.278. The summed E-state index contributed by atoms with van der Waals surface area (Å²) in [7, 11) is 0. The maximum atomic E-state index is 11.4. The predicted octanol–water partition coefficient (Wildman–Crippen LogP) is 1.25. The highest BCUT2D eigenvalue weighted by Crippen LogP contribution is 2.18. The summed E-state index contributed by atoms with van der Waals surface area (Å²) in [4.78, 5) is 22.3. The van der Waals surface area contributed by atoms with E-state index < -0.39 is 5.97 Å². The van der Waals surface area contributed by atoms with Crippen LogP contribution in [0.4, 0.5) is 5.69 Å². The van der Waals surface area contributed by atoms with Crippen molar-refractivity contribution in [1.29, 1.82) is 0 Å². The van der Waals surface area contributed by atoms with Gasteiger partial charge in [0, 0.05) is 20.7 Å². The number of rotatable bonds is 3. The predicted molar refractivity (Wildman–Crippen MR) is 67.0 cm³/mol. The van der Waals surface area contributed by atoms with E-state index in [4.69, 9.17) is 0 Å². The molecule has 0 aromatic heterocycles. The van der Waals surface area contributed by atoms with Crippen LogP contribution >= 0.6 is 22.6 Å². The first-order valence-electron chi connectivity index (χ1n) is 4.73. The summed E-state index contributed by atoms with van der Waals surface area (Å²) in [6, 6.07) is 4.75. The first-order valence-corrected chi connectivity index (χ1v) is 5.81. The number of nitrogens with one attached hydrogen (secondary N) is 1. The Morgan fingerprint density at radius 2 is 2.00 bits per heavy atom. The Morgan fingerprint density at radius 3 is 2.50 bits per heavy atom. The van der Waals surface area contributed by atoms with Crippen LogP contribution in [0.3, 0.4) is 0 Å². The molecule has 0 saturated heterocycles. The van der Waals surface area contributed by atoms with E-state index in [1.54, 1.807) is 26.0 Å². The Kier molecular flexibility index (Phi) is 4.28. The van der Waals surface area contributed by atoms with Crippen LogP contribution in [0.15, 0.2) is 18.2 Å². The molecule has 1 rings (SSSR count). The van der Waals surface area contributed by atoms with Crippen LogP contribution in [-0.4, -0.2) is 11.9 Å². The second-order valence-electron chi connectivity index (χ2n) is 3.62. The Balaban J connectivity index is 3.04. The van der Waals surface area contributed by atoms with Crippen molar-refractivity contribution in [3.05, 3.63) is 27.3 Å². The van der Waals surface area contributed by atoms with E-state index in [9.17, 15) is 14.7 Å². The molecule has 0 aliphatic heterocycles. The van der Waals surface area contributed by atoms with Crippen molar-refractivity contribution < 1.29 is 14.7 Å². The van der Waals surface area contributed by atoms with E-state index in [0.717, 1.165) is 3.57 Å². The van der Waals surface area contributed by atoms with Gasteiger partial charge >= 0.3 is 0 Å². The molecule has 0 spiro atoms. The molecule has 0 unspecified atom stereocenters. The molecule has 1 aromatic rings. The van der Waals surface area contributed by atoms with Gasteiger partial charge in [-0.15, -0.1) is 0 Å². The highest BCUT2D eigenvalue weighted by atomic mass is 127. The number of amides is 1. The molecular weight excluding hydrogens is 321 g/mol. The van der Waals surface area contributed by atoms with Crippen LogP contribution in [0, 0.1) is 9.49 Å². The standard InChI is InChI=1S/C11H12INO3/c1-6(2)10(14)13-9-4-3-7(12)5-8(9)11(15)16/h3-6H,1-2H3,(H,13,14)(H,15,16)/p-1. The highest BCUT2D eigenvalue weighted by Gasteiger charge is 2.10. The zero-order valence-electron chi connectivity index (χ0n) is 8.91. The fraction of sp³-hybridized carbons (Fsp3) is 0.273. The molecule has 0 saturated carbocycles. The van der Waals surface area contributed by atoms with Crippen LogP contribution in [0.5, 0.6) is 0 Å². The topological polar surface area (TPSA) is 69.2 Å². The Hall–Kier alpha value is -1.11. The first-order chi connectivity index (χ1) is 7.41. The SMILES string of the molecule is CC(C)C(=O)Nc1ccc(I)cc1C(=O)[O-]. The number of halogens is 1. The van der Waals surface area contributed by atoms with E-state index in [-0.39, 0.29) is 23.1 Å². The van der Waals surface area contributed by atoms with Crippen molar-refractivity contribution in [2.24, 2.45) is 5.92 Å². The van der Waals surface area contributed by atoms with Gasteiger partial charge in [0.25, 0.3) is 0 Å². The lowest BCUT2D eigenvalue weighted by Gasteiger charge is -2.13. The summed E-state index contributed by atoms with van der Waals surface area (Å²) in [6.45, 7) is 3.47. The molecule has 1 amide bonds. The third-order valence-corrected chi connectivity index (χ3v) is 2.65. The minimum Gasteiger partial charge on any atom is -0.545 e. The molecule has 86 valence electrons. The molecule has 4 nitrogen and oxygen atoms in total. The maximum absolute atomic E-state index is 11.4. The van der Waals surface area contributed by atoms with Crippen molar-refractivity contribution in [3.63, 3.8) is 0 Å². The third-order valence-electron chi connectivity index (χ3n) is 1.98. The van der Waals surface area contributed by atoms with Gasteiger partial charge in [-0.05, 0) is 40.8 Å². The van der Waals surface area contributed by atoms with Gasteiger partial charge in [0.05, 0.1) is 5.97 Å². The molecule has 0 fully saturated rings. The van der Waals surface area contributed by atoms with Crippen molar-refractivity contribution >= 4 is 40.2 Å². The number of carboxylic acid groups (broad SMARTS) is 1. The number of benzene rings is 1. The van der Waals surface area contributed by atoms with Gasteiger partial charge in [-0.2, -0.15) is 0 Å². The van der Waals surface area contributed by atoms with Crippen molar-refractivity contribution in [2.45, 2.75) is 13.8 Å². The quantitative estimate of drug-likeness (QED) is 0.847. The minimum absolute atomic E-state index is 0.000833. The monoisotopic (exact) mass is 332 g/mol. The zero-order valence-corrected chi connectivity index (χ0v) is 11.1. The molecule has 0 atom stereocenters. The number of hydrogen-bond donors (Lipinski definition) is 1. The molecule has 0 aliphatic carbocycles. The second-order valence-corrected chi connectivity index (χ2v) is 4.87. The van der Waals surface area contributed by atoms with Gasteiger partial charge in [-0.1, -0.05) is 13.8 Å². The Bertz CT molecular complexity index is 429. The average molecular weight is 332 g/mol. The Labute approximate surface area is 107 Å². The van der Waals surface area contributed by atoms with Crippen LogP contribution < -0.4 is 10.4 Å². The van der Waals surface area contributed by atoms with E-state index >= 15 is 0 Å². The summed E-state index contributed by atoms with van der Waals surface area (Å²) in [5, 5.41) is 13.4. The molecule has 1 aromatic carbocycles. The summed E-state index contributed by atoms with van der Waals surface area (Å²) < 4.78 is 0.777. The average Bonchev–Trinajstić information content (AvgIpc) is 2.20. The zero-order chi connectivity index (χ0) is 12.3. The molecule has 16 heavy (non-hydrogen) atoms. The smallest absolute Gasteiger partial charge is 0.226 e. The normalized spacial score (nSPS) is 10.2. The molecular formula is C11H11INO3-. The van der Waals surface area contributed by atoms with Crippen LogP contribution in [0.1, 0.15) is 24.2 Å². The molecule has 5 heteroatoms. The van der Waals surface area contributed by atoms with Crippen molar-refractivity contribution in [2.75, 3.05) is 5.32 Å². The molecule has 0 bridgehead atoms. The van der Waals surface area contributed by atoms with E-state index in [0.29, 0.717) is 0 Å². The number of hydrogen-bond acceptors (Lipinski definition) is 3. The first kappa shape index (κ1) is 13.0. The van der Waals surface area contributed by atoms with Gasteiger partial charge < -0.3 is 15.2 Å². The fourth-order valence-electron chi connectivity index (χ4n) is 1.07.